The number of hydrogen-bond donors (Lipinski definition) is 1. The topological polar surface area (TPSA) is 87.8 Å². The highest BCUT2D eigenvalue weighted by Gasteiger charge is 2.22. The largest absolute Gasteiger partial charge is 0.450 e. The van der Waals surface area contributed by atoms with Crippen molar-refractivity contribution < 1.29 is 18.8 Å². The van der Waals surface area contributed by atoms with Gasteiger partial charge in [0.05, 0.1) is 6.61 Å². The molecule has 1 saturated heterocycles. The van der Waals surface area contributed by atoms with Crippen LogP contribution in [-0.2, 0) is 4.74 Å². The van der Waals surface area contributed by atoms with Gasteiger partial charge in [-0.15, -0.1) is 12.4 Å². The molecule has 2 heterocycles. The second-order valence-electron chi connectivity index (χ2n) is 3.63. The number of nitrogens with one attached hydrogen (secondary N) is 1. The minimum Gasteiger partial charge on any atom is -0.450 e. The molecular formula is C9H16ClN5O3. The summed E-state index contributed by atoms with van der Waals surface area (Å²) in [4.78, 5) is 14.6. The monoisotopic (exact) mass is 277 g/mol. The third kappa shape index (κ3) is 3.16. The highest BCUT2D eigenvalue weighted by atomic mass is 35.5. The lowest BCUT2D eigenvalue weighted by molar-refractivity contribution is -0.764. The van der Waals surface area contributed by atoms with E-state index in [1.54, 1.807) is 11.8 Å². The Morgan fingerprint density at radius 1 is 1.56 bits per heavy atom. The van der Waals surface area contributed by atoms with Gasteiger partial charge in [0, 0.05) is 26.2 Å². The summed E-state index contributed by atoms with van der Waals surface area (Å²) in [6.07, 6.45) is 1.21. The normalized spacial score (nSPS) is 15.2. The molecule has 0 saturated carbocycles. The fraction of sp³-hybridized carbons (Fsp3) is 0.667. The maximum absolute atomic E-state index is 11.5. The van der Waals surface area contributed by atoms with Gasteiger partial charge >= 0.3 is 6.09 Å². The van der Waals surface area contributed by atoms with Crippen LogP contribution in [0.25, 0.3) is 0 Å². The smallest absolute Gasteiger partial charge is 0.409 e. The number of carbonyl (C=O) groups is 1. The van der Waals surface area contributed by atoms with Crippen molar-refractivity contribution in [2.24, 2.45) is 0 Å². The van der Waals surface area contributed by atoms with Gasteiger partial charge in [-0.05, 0) is 12.2 Å². The molecule has 1 amide bonds. The number of rotatable bonds is 2. The minimum absolute atomic E-state index is 0. The molecule has 1 N–H and O–H groups in total. The summed E-state index contributed by atoms with van der Waals surface area (Å²) in [6.45, 7) is 4.59. The van der Waals surface area contributed by atoms with Gasteiger partial charge in [-0.1, -0.05) is 4.79 Å². The summed E-state index contributed by atoms with van der Waals surface area (Å²) in [5.41, 5.74) is 0.0119. The zero-order valence-electron chi connectivity index (χ0n) is 10.0. The van der Waals surface area contributed by atoms with Crippen LogP contribution in [-0.4, -0.2) is 43.8 Å². The van der Waals surface area contributed by atoms with Crippen molar-refractivity contribution in [3.05, 3.63) is 11.8 Å². The molecule has 1 aromatic rings. The Balaban J connectivity index is 0.00000162. The molecule has 0 bridgehead atoms. The van der Waals surface area contributed by atoms with E-state index < -0.39 is 0 Å². The molecular weight excluding hydrogens is 262 g/mol. The Bertz CT molecular complexity index is 437. The second-order valence-corrected chi connectivity index (χ2v) is 3.63. The average Bonchev–Trinajstić information content (AvgIpc) is 2.76. The first-order chi connectivity index (χ1) is 8.20. The molecule has 18 heavy (non-hydrogen) atoms. The fourth-order valence-corrected chi connectivity index (χ4v) is 1.67. The van der Waals surface area contributed by atoms with Crippen LogP contribution in [0.15, 0.2) is 10.7 Å². The van der Waals surface area contributed by atoms with Crippen LogP contribution in [0.2, 0.25) is 0 Å². The lowest BCUT2D eigenvalue weighted by Crippen LogP contribution is -2.66. The Hall–Kier alpha value is -1.70. The van der Waals surface area contributed by atoms with Gasteiger partial charge in [0.15, 0.2) is 0 Å². The summed E-state index contributed by atoms with van der Waals surface area (Å²) >= 11 is 0. The lowest BCUT2D eigenvalue weighted by Gasteiger charge is -2.34. The minimum atomic E-state index is -0.279. The zero-order chi connectivity index (χ0) is 12.3. The predicted octanol–water partition coefficient (Wildman–Crippen LogP) is -1.16. The van der Waals surface area contributed by atoms with Crippen molar-refractivity contribution in [3.8, 4) is 0 Å². The van der Waals surface area contributed by atoms with Crippen molar-refractivity contribution >= 4 is 18.5 Å². The van der Waals surface area contributed by atoms with Crippen LogP contribution in [0.1, 0.15) is 6.92 Å². The number of halogens is 1. The van der Waals surface area contributed by atoms with E-state index in [2.05, 4.69) is 9.79 Å². The van der Waals surface area contributed by atoms with E-state index in [4.69, 9.17) is 10.1 Å². The molecule has 2 rings (SSSR count). The molecule has 1 aromatic heterocycles. The van der Waals surface area contributed by atoms with E-state index in [-0.39, 0.29) is 24.1 Å². The molecule has 0 spiro atoms. The van der Waals surface area contributed by atoms with Crippen LogP contribution in [0, 0.1) is 5.41 Å². The van der Waals surface area contributed by atoms with Gasteiger partial charge in [-0.3, -0.25) is 10.4 Å². The first-order valence-electron chi connectivity index (χ1n) is 5.48. The number of hydrogen-bond acceptors (Lipinski definition) is 5. The van der Waals surface area contributed by atoms with Crippen molar-refractivity contribution in [1.29, 1.82) is 5.41 Å². The van der Waals surface area contributed by atoms with E-state index >= 15 is 0 Å². The third-order valence-electron chi connectivity index (χ3n) is 2.53. The van der Waals surface area contributed by atoms with Gasteiger partial charge in [-0.25, -0.2) is 4.79 Å². The van der Waals surface area contributed by atoms with Gasteiger partial charge in [-0.2, -0.15) is 0 Å². The summed E-state index contributed by atoms with van der Waals surface area (Å²) in [5, 5.41) is 12.8. The standard InChI is InChI=1S/C9H15N5O3.ClH/c1-2-16-9(15)12-3-5-13(6-4-12)14-7-8(10)17-11-14;/h7,10H,2-6H2,1H3;1H. The van der Waals surface area contributed by atoms with E-state index in [1.165, 1.54) is 11.0 Å². The summed E-state index contributed by atoms with van der Waals surface area (Å²) in [6, 6.07) is 0. The average molecular weight is 278 g/mol. The highest BCUT2D eigenvalue weighted by molar-refractivity contribution is 5.85. The molecule has 0 unspecified atom stereocenters. The maximum Gasteiger partial charge on any atom is 0.409 e. The Morgan fingerprint density at radius 3 is 2.72 bits per heavy atom. The van der Waals surface area contributed by atoms with Gasteiger partial charge < -0.3 is 14.2 Å². The number of piperazine rings is 1. The SMILES string of the molecule is CCOC(=O)N1CCN([n+]2cc(=N)o[n-]2)CC1.Cl. The summed E-state index contributed by atoms with van der Waals surface area (Å²) in [5.74, 6) is 0. The molecule has 8 nitrogen and oxygen atoms in total. The van der Waals surface area contributed by atoms with Gasteiger partial charge in [0.25, 0.3) is 11.8 Å². The molecule has 1 aliphatic heterocycles. The number of aromatic nitrogens is 2. The van der Waals surface area contributed by atoms with Crippen LogP contribution >= 0.6 is 12.4 Å². The Morgan fingerprint density at radius 2 is 2.22 bits per heavy atom. The number of carbonyl (C=O) groups excluding carboxylic acids is 1. The molecule has 0 radical (unpaired) electrons. The zero-order valence-corrected chi connectivity index (χ0v) is 10.9. The first-order valence-corrected chi connectivity index (χ1v) is 5.48. The number of amides is 1. The van der Waals surface area contributed by atoms with Crippen molar-refractivity contribution in [2.75, 3.05) is 37.8 Å². The predicted molar refractivity (Wildman–Crippen MR) is 61.9 cm³/mol. The van der Waals surface area contributed by atoms with Crippen molar-refractivity contribution in [1.82, 2.24) is 10.2 Å². The molecule has 0 aromatic carbocycles. The Kier molecular flexibility index (Phi) is 5.02. The van der Waals surface area contributed by atoms with Crippen LogP contribution in [0.4, 0.5) is 4.79 Å². The quantitative estimate of drug-likeness (QED) is 0.689. The number of ether oxygens (including phenoxy) is 1. The van der Waals surface area contributed by atoms with Crippen LogP contribution in [0.3, 0.4) is 0 Å². The second kappa shape index (κ2) is 6.29. The molecule has 1 aliphatic rings. The molecule has 1 fully saturated rings. The number of nitrogens with zero attached hydrogens (tertiary/aromatic N) is 4. The van der Waals surface area contributed by atoms with Crippen molar-refractivity contribution in [2.45, 2.75) is 6.92 Å². The third-order valence-corrected chi connectivity index (χ3v) is 2.53. The molecule has 9 heteroatoms. The van der Waals surface area contributed by atoms with Gasteiger partial charge in [0.2, 0.25) is 0 Å². The maximum atomic E-state index is 11.5. The molecule has 102 valence electrons. The first kappa shape index (κ1) is 14.4. The van der Waals surface area contributed by atoms with E-state index in [1.807, 2.05) is 5.01 Å². The van der Waals surface area contributed by atoms with Gasteiger partial charge in [0.1, 0.15) is 0 Å². The highest BCUT2D eigenvalue weighted by Crippen LogP contribution is 1.99. The molecule has 0 atom stereocenters. The Labute approximate surface area is 110 Å². The van der Waals surface area contributed by atoms with Crippen LogP contribution in [0.5, 0.6) is 0 Å². The van der Waals surface area contributed by atoms with Crippen LogP contribution < -0.4 is 20.6 Å². The summed E-state index contributed by atoms with van der Waals surface area (Å²) < 4.78 is 9.59. The van der Waals surface area contributed by atoms with Crippen molar-refractivity contribution in [3.63, 3.8) is 0 Å². The van der Waals surface area contributed by atoms with E-state index in [9.17, 15) is 4.79 Å². The lowest BCUT2D eigenvalue weighted by atomic mass is 10.4. The molecule has 0 aliphatic carbocycles. The fourth-order valence-electron chi connectivity index (χ4n) is 1.67. The van der Waals surface area contributed by atoms with E-state index in [0.29, 0.717) is 32.8 Å². The summed E-state index contributed by atoms with van der Waals surface area (Å²) in [7, 11) is 0. The van der Waals surface area contributed by atoms with E-state index in [0.717, 1.165) is 0 Å².